The number of hydrogen-bond donors (Lipinski definition) is 7. The standard InChI is InChI=1S/C30H36ClFN10O/c1-17(33)3-2-4-18-11-22(25(32)23(31)12-18)24-13-19-14-42(29(43)40-26(19)39-24)21-7-5-20(6-8-21)30(9-10-38-27(34)35)15-41(16-30)28(36)37/h5-8,11-14,17H,2-4,9-10,15-16,33H2,1H3,(H3,36,37)(H4,34,35,38)(H,39,40,43)/t17-/m0/s1. The second kappa shape index (κ2) is 12.1. The highest BCUT2D eigenvalue weighted by Crippen LogP contribution is 2.38. The van der Waals surface area contributed by atoms with Crippen LogP contribution in [-0.4, -0.2) is 57.0 Å². The number of nitrogens with two attached hydrogens (primary N) is 3. The van der Waals surface area contributed by atoms with Gasteiger partial charge in [-0.2, -0.15) is 4.98 Å². The van der Waals surface area contributed by atoms with E-state index in [1.165, 1.54) is 4.57 Å². The van der Waals surface area contributed by atoms with Crippen LogP contribution in [0.15, 0.2) is 53.5 Å². The molecule has 43 heavy (non-hydrogen) atoms. The zero-order valence-corrected chi connectivity index (χ0v) is 24.6. The van der Waals surface area contributed by atoms with E-state index in [1.54, 1.807) is 29.3 Å². The summed E-state index contributed by atoms with van der Waals surface area (Å²) in [4.78, 5) is 22.1. The maximum Gasteiger partial charge on any atom is 0.354 e. The minimum atomic E-state index is -0.540. The molecule has 226 valence electrons. The molecular formula is C30H36ClFN10O. The highest BCUT2D eigenvalue weighted by atomic mass is 35.5. The lowest BCUT2D eigenvalue weighted by Crippen LogP contribution is -2.63. The molecule has 3 heterocycles. The minimum Gasteiger partial charge on any atom is -0.370 e. The number of guanidine groups is 2. The average Bonchev–Trinajstić information content (AvgIpc) is 3.33. The van der Waals surface area contributed by atoms with Crippen LogP contribution < -0.4 is 28.2 Å². The summed E-state index contributed by atoms with van der Waals surface area (Å²) in [5, 5.41) is 18.7. The van der Waals surface area contributed by atoms with Crippen molar-refractivity contribution in [3.63, 3.8) is 0 Å². The van der Waals surface area contributed by atoms with Gasteiger partial charge < -0.3 is 32.4 Å². The van der Waals surface area contributed by atoms with Gasteiger partial charge in [-0.1, -0.05) is 23.7 Å². The van der Waals surface area contributed by atoms with Crippen molar-refractivity contribution in [3.05, 3.63) is 81.1 Å². The van der Waals surface area contributed by atoms with Gasteiger partial charge in [-0.3, -0.25) is 15.4 Å². The van der Waals surface area contributed by atoms with Gasteiger partial charge in [-0.25, -0.2) is 9.18 Å². The SMILES string of the molecule is C[C@H](N)CCCc1cc(Cl)c(F)c(-c2cc3cn(-c4ccc(C5(CCNC(=N)N)CN(C(=N)N)C5)cc4)c(=O)nc3[nH]2)c1. The molecule has 4 aromatic rings. The van der Waals surface area contributed by atoms with Crippen LogP contribution in [0.3, 0.4) is 0 Å². The van der Waals surface area contributed by atoms with Crippen LogP contribution in [0.1, 0.15) is 37.3 Å². The third-order valence-corrected chi connectivity index (χ3v) is 8.29. The number of H-pyrrole nitrogens is 1. The fourth-order valence-corrected chi connectivity index (χ4v) is 5.93. The van der Waals surface area contributed by atoms with E-state index in [9.17, 15) is 4.79 Å². The Bertz CT molecular complexity index is 1720. The summed E-state index contributed by atoms with van der Waals surface area (Å²) in [6, 6.07) is 12.9. The number of benzene rings is 2. The fraction of sp³-hybridized carbons (Fsp3) is 0.333. The number of aromatic amines is 1. The van der Waals surface area contributed by atoms with Gasteiger partial charge in [0.25, 0.3) is 0 Å². The molecule has 5 rings (SSSR count). The third-order valence-electron chi connectivity index (χ3n) is 8.02. The minimum absolute atomic E-state index is 0.0127. The largest absolute Gasteiger partial charge is 0.370 e. The molecule has 13 heteroatoms. The number of halogens is 2. The van der Waals surface area contributed by atoms with E-state index in [-0.39, 0.29) is 28.4 Å². The molecule has 0 aliphatic carbocycles. The van der Waals surface area contributed by atoms with Crippen molar-refractivity contribution in [1.82, 2.24) is 24.8 Å². The number of hydrogen-bond acceptors (Lipinski definition) is 5. The second-order valence-electron chi connectivity index (χ2n) is 11.3. The Hall–Kier alpha value is -4.42. The third kappa shape index (κ3) is 6.35. The van der Waals surface area contributed by atoms with Crippen LogP contribution in [0.4, 0.5) is 4.39 Å². The van der Waals surface area contributed by atoms with Crippen molar-refractivity contribution >= 4 is 34.6 Å². The van der Waals surface area contributed by atoms with Crippen LogP contribution in [0.5, 0.6) is 0 Å². The topological polar surface area (TPSA) is 192 Å². The predicted octanol–water partition coefficient (Wildman–Crippen LogP) is 3.16. The second-order valence-corrected chi connectivity index (χ2v) is 11.8. The molecule has 1 aliphatic rings. The molecule has 0 amide bonds. The van der Waals surface area contributed by atoms with Gasteiger partial charge in [-0.15, -0.1) is 0 Å². The Morgan fingerprint density at radius 3 is 2.58 bits per heavy atom. The van der Waals surface area contributed by atoms with Gasteiger partial charge >= 0.3 is 5.69 Å². The van der Waals surface area contributed by atoms with Gasteiger partial charge in [0.15, 0.2) is 17.7 Å². The first-order valence-electron chi connectivity index (χ1n) is 14.1. The summed E-state index contributed by atoms with van der Waals surface area (Å²) in [6.45, 7) is 3.58. The van der Waals surface area contributed by atoms with Gasteiger partial charge in [-0.05, 0) is 74.1 Å². The van der Waals surface area contributed by atoms with E-state index in [1.807, 2.05) is 31.2 Å². The molecule has 0 unspecified atom stereocenters. The first-order valence-corrected chi connectivity index (χ1v) is 14.5. The Balaban J connectivity index is 1.42. The van der Waals surface area contributed by atoms with Crippen LogP contribution in [-0.2, 0) is 11.8 Å². The lowest BCUT2D eigenvalue weighted by Gasteiger charge is -2.51. The highest BCUT2D eigenvalue weighted by molar-refractivity contribution is 6.31. The van der Waals surface area contributed by atoms with Crippen molar-refractivity contribution in [2.24, 2.45) is 17.2 Å². The molecule has 1 fully saturated rings. The normalized spacial score (nSPS) is 14.8. The average molecular weight is 607 g/mol. The molecule has 0 spiro atoms. The number of nitrogens with one attached hydrogen (secondary N) is 4. The molecule has 2 aromatic heterocycles. The number of likely N-dealkylation sites (tertiary alicyclic amines) is 1. The van der Waals surface area contributed by atoms with E-state index in [4.69, 9.17) is 39.6 Å². The Morgan fingerprint density at radius 1 is 1.21 bits per heavy atom. The molecule has 10 N–H and O–H groups in total. The Kier molecular flexibility index (Phi) is 8.43. The lowest BCUT2D eigenvalue weighted by atomic mass is 9.71. The quantitative estimate of drug-likeness (QED) is 0.106. The van der Waals surface area contributed by atoms with E-state index in [2.05, 4.69) is 15.3 Å². The van der Waals surface area contributed by atoms with E-state index < -0.39 is 11.5 Å². The van der Waals surface area contributed by atoms with Crippen molar-refractivity contribution in [2.75, 3.05) is 19.6 Å². The van der Waals surface area contributed by atoms with Crippen LogP contribution in [0, 0.1) is 16.6 Å². The van der Waals surface area contributed by atoms with E-state index in [0.717, 1.165) is 30.4 Å². The monoisotopic (exact) mass is 606 g/mol. The van der Waals surface area contributed by atoms with Crippen molar-refractivity contribution in [1.29, 1.82) is 10.8 Å². The molecule has 0 radical (unpaired) electrons. The summed E-state index contributed by atoms with van der Waals surface area (Å²) < 4.78 is 16.6. The van der Waals surface area contributed by atoms with E-state index in [0.29, 0.717) is 54.0 Å². The number of rotatable bonds is 10. The molecular weight excluding hydrogens is 571 g/mol. The highest BCUT2D eigenvalue weighted by Gasteiger charge is 2.44. The van der Waals surface area contributed by atoms with Crippen molar-refractivity contribution in [2.45, 2.75) is 44.1 Å². The molecule has 1 atom stereocenters. The molecule has 0 saturated carbocycles. The molecule has 0 bridgehead atoms. The zero-order valence-electron chi connectivity index (χ0n) is 23.9. The van der Waals surface area contributed by atoms with Crippen LogP contribution in [0.25, 0.3) is 28.0 Å². The molecule has 11 nitrogen and oxygen atoms in total. The number of aryl methyl sites for hydroxylation is 1. The summed E-state index contributed by atoms with van der Waals surface area (Å²) >= 11 is 6.24. The summed E-state index contributed by atoms with van der Waals surface area (Å²) in [5.74, 6) is -0.625. The number of fused-ring (bicyclic) bond motifs is 1. The predicted molar refractivity (Wildman–Crippen MR) is 168 cm³/mol. The van der Waals surface area contributed by atoms with Crippen molar-refractivity contribution in [3.8, 4) is 16.9 Å². The Labute approximate surface area is 253 Å². The smallest absolute Gasteiger partial charge is 0.354 e. The zero-order chi connectivity index (χ0) is 30.9. The first kappa shape index (κ1) is 30.1. The van der Waals surface area contributed by atoms with Crippen molar-refractivity contribution < 1.29 is 4.39 Å². The molecule has 2 aromatic carbocycles. The van der Waals surface area contributed by atoms with Gasteiger partial charge in [0, 0.05) is 48.2 Å². The van der Waals surface area contributed by atoms with Crippen LogP contribution >= 0.6 is 11.6 Å². The summed E-state index contributed by atoms with van der Waals surface area (Å²) in [6.07, 6.45) is 4.79. The first-order chi connectivity index (χ1) is 20.5. The molecule has 1 saturated heterocycles. The van der Waals surface area contributed by atoms with Gasteiger partial charge in [0.2, 0.25) is 0 Å². The lowest BCUT2D eigenvalue weighted by molar-refractivity contribution is 0.128. The summed E-state index contributed by atoms with van der Waals surface area (Å²) in [5.41, 5.74) is 19.9. The van der Waals surface area contributed by atoms with E-state index >= 15 is 4.39 Å². The fourth-order valence-electron chi connectivity index (χ4n) is 5.69. The summed E-state index contributed by atoms with van der Waals surface area (Å²) in [7, 11) is 0. The number of nitrogens with zero attached hydrogens (tertiary/aromatic N) is 3. The maximum absolute atomic E-state index is 15.1. The van der Waals surface area contributed by atoms with Gasteiger partial charge in [0.1, 0.15) is 5.65 Å². The van der Waals surface area contributed by atoms with Gasteiger partial charge in [0.05, 0.1) is 16.4 Å². The van der Waals surface area contributed by atoms with Crippen LogP contribution in [0.2, 0.25) is 5.02 Å². The Morgan fingerprint density at radius 2 is 1.93 bits per heavy atom. The molecule has 1 aliphatic heterocycles. The number of aromatic nitrogens is 3. The maximum atomic E-state index is 15.1.